The third-order valence-electron chi connectivity index (χ3n) is 4.03. The van der Waals surface area contributed by atoms with Crippen LogP contribution in [0.25, 0.3) is 11.3 Å². The molecule has 0 bridgehead atoms. The first-order chi connectivity index (χ1) is 11.3. The molecule has 1 aromatic carbocycles. The Labute approximate surface area is 133 Å². The van der Waals surface area contributed by atoms with Crippen LogP contribution in [-0.4, -0.2) is 21.1 Å². The van der Waals surface area contributed by atoms with Gasteiger partial charge in [0.05, 0.1) is 5.69 Å². The van der Waals surface area contributed by atoms with Gasteiger partial charge in [-0.2, -0.15) is 0 Å². The van der Waals surface area contributed by atoms with Gasteiger partial charge in [-0.1, -0.05) is 36.4 Å². The fourth-order valence-corrected chi connectivity index (χ4v) is 2.88. The quantitative estimate of drug-likeness (QED) is 0.745. The smallest absolute Gasteiger partial charge is 0.255 e. The van der Waals surface area contributed by atoms with Crippen LogP contribution < -0.4 is 10.5 Å². The van der Waals surface area contributed by atoms with Crippen LogP contribution in [-0.2, 0) is 13.1 Å². The molecule has 0 aliphatic carbocycles. The molecule has 4 rings (SSSR count). The lowest BCUT2D eigenvalue weighted by Gasteiger charge is -2.17. The molecule has 5 nitrogen and oxygen atoms in total. The Morgan fingerprint density at radius 3 is 2.70 bits per heavy atom. The Kier molecular flexibility index (Phi) is 3.38. The first-order valence-corrected chi connectivity index (χ1v) is 7.62. The Bertz CT molecular complexity index is 875. The number of hydrogen-bond acceptors (Lipinski definition) is 4. The van der Waals surface area contributed by atoms with E-state index in [1.54, 1.807) is 16.8 Å². The first-order valence-electron chi connectivity index (χ1n) is 7.62. The summed E-state index contributed by atoms with van der Waals surface area (Å²) in [5, 5.41) is 0. The molecule has 5 heteroatoms. The number of pyridine rings is 1. The van der Waals surface area contributed by atoms with Crippen molar-refractivity contribution in [3.8, 4) is 11.3 Å². The lowest BCUT2D eigenvalue weighted by atomic mass is 10.1. The Morgan fingerprint density at radius 2 is 1.91 bits per heavy atom. The third-order valence-corrected chi connectivity index (χ3v) is 4.03. The van der Waals surface area contributed by atoms with Gasteiger partial charge < -0.3 is 4.90 Å². The van der Waals surface area contributed by atoms with Crippen LogP contribution in [0, 0.1) is 0 Å². The van der Waals surface area contributed by atoms with Crippen molar-refractivity contribution in [2.75, 3.05) is 11.4 Å². The molecule has 3 aromatic rings. The molecule has 0 amide bonds. The topological polar surface area (TPSA) is 51.0 Å². The molecular weight excluding hydrogens is 288 g/mol. The van der Waals surface area contributed by atoms with E-state index in [1.165, 1.54) is 0 Å². The van der Waals surface area contributed by atoms with Gasteiger partial charge in [0.1, 0.15) is 0 Å². The molecule has 0 radical (unpaired) electrons. The van der Waals surface area contributed by atoms with Gasteiger partial charge in [-0.05, 0) is 11.6 Å². The lowest BCUT2D eigenvalue weighted by Crippen LogP contribution is -2.22. The van der Waals surface area contributed by atoms with E-state index in [0.29, 0.717) is 13.1 Å². The molecule has 1 aliphatic rings. The highest BCUT2D eigenvalue weighted by Crippen LogP contribution is 2.23. The van der Waals surface area contributed by atoms with Gasteiger partial charge in [-0.3, -0.25) is 14.3 Å². The molecule has 0 spiro atoms. The Morgan fingerprint density at radius 1 is 1.04 bits per heavy atom. The van der Waals surface area contributed by atoms with E-state index < -0.39 is 0 Å². The zero-order chi connectivity index (χ0) is 15.6. The molecular formula is C18H16N4O. The maximum atomic E-state index is 12.4. The van der Waals surface area contributed by atoms with Gasteiger partial charge in [0.15, 0.2) is 0 Å². The van der Waals surface area contributed by atoms with Crippen LogP contribution in [0.15, 0.2) is 65.7 Å². The number of rotatable bonds is 3. The SMILES string of the molecule is O=c1cc(-c2ccccc2)nc2n1CCN2Cc1cccnc1. The summed E-state index contributed by atoms with van der Waals surface area (Å²) in [6.07, 6.45) is 3.61. The fourth-order valence-electron chi connectivity index (χ4n) is 2.88. The van der Waals surface area contributed by atoms with Crippen LogP contribution in [0.4, 0.5) is 5.95 Å². The summed E-state index contributed by atoms with van der Waals surface area (Å²) < 4.78 is 1.74. The highest BCUT2D eigenvalue weighted by Gasteiger charge is 2.22. The summed E-state index contributed by atoms with van der Waals surface area (Å²) in [5.41, 5.74) is 2.80. The summed E-state index contributed by atoms with van der Waals surface area (Å²) in [5.74, 6) is 0.736. The summed E-state index contributed by atoms with van der Waals surface area (Å²) in [4.78, 5) is 23.4. The maximum absolute atomic E-state index is 12.4. The molecule has 0 saturated heterocycles. The van der Waals surface area contributed by atoms with Crippen LogP contribution >= 0.6 is 0 Å². The normalized spacial score (nSPS) is 13.1. The predicted molar refractivity (Wildman–Crippen MR) is 89.2 cm³/mol. The van der Waals surface area contributed by atoms with E-state index in [9.17, 15) is 4.79 Å². The number of nitrogens with zero attached hydrogens (tertiary/aromatic N) is 4. The zero-order valence-corrected chi connectivity index (χ0v) is 12.6. The van der Waals surface area contributed by atoms with Crippen LogP contribution in [0.2, 0.25) is 0 Å². The molecule has 23 heavy (non-hydrogen) atoms. The van der Waals surface area contributed by atoms with Crippen molar-refractivity contribution in [1.82, 2.24) is 14.5 Å². The maximum Gasteiger partial charge on any atom is 0.255 e. The molecule has 0 saturated carbocycles. The highest BCUT2D eigenvalue weighted by molar-refractivity contribution is 5.60. The summed E-state index contributed by atoms with van der Waals surface area (Å²) in [6.45, 7) is 2.17. The molecule has 1 aliphatic heterocycles. The van der Waals surface area contributed by atoms with Gasteiger partial charge in [0.2, 0.25) is 5.95 Å². The highest BCUT2D eigenvalue weighted by atomic mass is 16.1. The van der Waals surface area contributed by atoms with Crippen molar-refractivity contribution in [3.63, 3.8) is 0 Å². The molecule has 2 aromatic heterocycles. The molecule has 0 N–H and O–H groups in total. The van der Waals surface area contributed by atoms with Crippen molar-refractivity contribution >= 4 is 5.95 Å². The monoisotopic (exact) mass is 304 g/mol. The van der Waals surface area contributed by atoms with Crippen LogP contribution in [0.3, 0.4) is 0 Å². The van der Waals surface area contributed by atoms with Crippen molar-refractivity contribution < 1.29 is 0 Å². The first kappa shape index (κ1) is 13.7. The number of hydrogen-bond donors (Lipinski definition) is 0. The minimum Gasteiger partial charge on any atom is -0.336 e. The van der Waals surface area contributed by atoms with Gasteiger partial charge in [-0.25, -0.2) is 4.98 Å². The third kappa shape index (κ3) is 2.61. The average Bonchev–Trinajstić information content (AvgIpc) is 3.00. The second-order valence-corrected chi connectivity index (χ2v) is 5.58. The number of anilines is 1. The minimum absolute atomic E-state index is 0.00235. The number of benzene rings is 1. The van der Waals surface area contributed by atoms with Gasteiger partial charge in [0.25, 0.3) is 5.56 Å². The van der Waals surface area contributed by atoms with Crippen LogP contribution in [0.5, 0.6) is 0 Å². The molecule has 0 fully saturated rings. The fraction of sp³-hybridized carbons (Fsp3) is 0.167. The number of fused-ring (bicyclic) bond motifs is 1. The van der Waals surface area contributed by atoms with Crippen molar-refractivity contribution in [3.05, 3.63) is 76.8 Å². The van der Waals surface area contributed by atoms with Crippen molar-refractivity contribution in [1.29, 1.82) is 0 Å². The standard InChI is InChI=1S/C18H16N4O/c23-17-11-16(15-6-2-1-3-7-15)20-18-21(9-10-22(17)18)13-14-5-4-8-19-12-14/h1-8,11-12H,9-10,13H2. The lowest BCUT2D eigenvalue weighted by molar-refractivity contribution is 0.748. The zero-order valence-electron chi connectivity index (χ0n) is 12.6. The van der Waals surface area contributed by atoms with E-state index in [0.717, 1.165) is 29.3 Å². The number of aromatic nitrogens is 3. The summed E-state index contributed by atoms with van der Waals surface area (Å²) >= 11 is 0. The average molecular weight is 304 g/mol. The van der Waals surface area contributed by atoms with Gasteiger partial charge in [0, 0.05) is 43.7 Å². The van der Waals surface area contributed by atoms with Crippen molar-refractivity contribution in [2.24, 2.45) is 0 Å². The van der Waals surface area contributed by atoms with Crippen molar-refractivity contribution in [2.45, 2.75) is 13.1 Å². The Balaban J connectivity index is 1.73. The molecule has 0 unspecified atom stereocenters. The van der Waals surface area contributed by atoms with E-state index >= 15 is 0 Å². The Hall–Kier alpha value is -2.95. The van der Waals surface area contributed by atoms with E-state index in [4.69, 9.17) is 4.98 Å². The second-order valence-electron chi connectivity index (χ2n) is 5.58. The largest absolute Gasteiger partial charge is 0.336 e. The van der Waals surface area contributed by atoms with E-state index in [-0.39, 0.29) is 5.56 Å². The molecule has 114 valence electrons. The van der Waals surface area contributed by atoms with E-state index in [2.05, 4.69) is 9.88 Å². The van der Waals surface area contributed by atoms with Gasteiger partial charge >= 0.3 is 0 Å². The molecule has 3 heterocycles. The minimum atomic E-state index is 0.00235. The van der Waals surface area contributed by atoms with E-state index in [1.807, 2.05) is 48.7 Å². The summed E-state index contributed by atoms with van der Waals surface area (Å²) in [7, 11) is 0. The van der Waals surface area contributed by atoms with Crippen LogP contribution in [0.1, 0.15) is 5.56 Å². The second kappa shape index (κ2) is 5.68. The van der Waals surface area contributed by atoms with Gasteiger partial charge in [-0.15, -0.1) is 0 Å². The molecule has 0 atom stereocenters. The summed E-state index contributed by atoms with van der Waals surface area (Å²) in [6, 6.07) is 15.4. The predicted octanol–water partition coefficient (Wildman–Crippen LogP) is 2.33.